The number of hydrogen-bond donors (Lipinski definition) is 2. The van der Waals surface area contributed by atoms with Crippen LogP contribution in [0.4, 0.5) is 10.5 Å². The molecule has 4 rings (SSSR count). The van der Waals surface area contributed by atoms with Crippen molar-refractivity contribution in [2.75, 3.05) is 11.9 Å². The van der Waals surface area contributed by atoms with Gasteiger partial charge in [-0.25, -0.2) is 9.78 Å². The third-order valence-corrected chi connectivity index (χ3v) is 4.84. The SMILES string of the molecule is Cc1ccc(C)c(NC(=O)N2CCc3[nH]cnc3C2c2ccncc2)c1. The lowest BCUT2D eigenvalue weighted by Gasteiger charge is -2.35. The Morgan fingerprint density at radius 1 is 1.23 bits per heavy atom. The van der Waals surface area contributed by atoms with Gasteiger partial charge in [-0.1, -0.05) is 12.1 Å². The van der Waals surface area contributed by atoms with Gasteiger partial charge in [0.25, 0.3) is 0 Å². The van der Waals surface area contributed by atoms with Crippen LogP contribution in [-0.4, -0.2) is 32.4 Å². The van der Waals surface area contributed by atoms with E-state index in [-0.39, 0.29) is 12.1 Å². The second-order valence-corrected chi connectivity index (χ2v) is 6.64. The van der Waals surface area contributed by atoms with Crippen LogP contribution in [0.25, 0.3) is 0 Å². The van der Waals surface area contributed by atoms with E-state index < -0.39 is 0 Å². The van der Waals surface area contributed by atoms with Crippen LogP contribution in [0, 0.1) is 13.8 Å². The molecule has 1 aromatic carbocycles. The summed E-state index contributed by atoms with van der Waals surface area (Å²) in [6, 6.07) is 9.60. The number of anilines is 1. The third-order valence-electron chi connectivity index (χ3n) is 4.84. The van der Waals surface area contributed by atoms with E-state index in [2.05, 4.69) is 20.3 Å². The predicted octanol–water partition coefficient (Wildman–Crippen LogP) is 3.60. The van der Waals surface area contributed by atoms with Gasteiger partial charge in [0.15, 0.2) is 0 Å². The number of carbonyl (C=O) groups excluding carboxylic acids is 1. The van der Waals surface area contributed by atoms with Crippen molar-refractivity contribution in [2.45, 2.75) is 26.3 Å². The lowest BCUT2D eigenvalue weighted by Crippen LogP contribution is -2.43. The number of H-pyrrole nitrogens is 1. The number of aryl methyl sites for hydroxylation is 2. The van der Waals surface area contributed by atoms with Crippen LogP contribution in [0.2, 0.25) is 0 Å². The molecule has 1 atom stereocenters. The lowest BCUT2D eigenvalue weighted by molar-refractivity contribution is 0.192. The van der Waals surface area contributed by atoms with E-state index in [1.807, 2.05) is 49.1 Å². The second-order valence-electron chi connectivity index (χ2n) is 6.64. The zero-order valence-corrected chi connectivity index (χ0v) is 14.9. The minimum absolute atomic E-state index is 0.117. The minimum Gasteiger partial charge on any atom is -0.348 e. The number of imidazole rings is 1. The van der Waals surface area contributed by atoms with Crippen molar-refractivity contribution < 1.29 is 4.79 Å². The average molecular weight is 347 g/mol. The number of rotatable bonds is 2. The topological polar surface area (TPSA) is 73.9 Å². The molecule has 0 spiro atoms. The first-order valence-corrected chi connectivity index (χ1v) is 8.70. The molecule has 2 N–H and O–H groups in total. The molecule has 0 saturated carbocycles. The molecule has 1 unspecified atom stereocenters. The molecule has 3 heterocycles. The van der Waals surface area contributed by atoms with Gasteiger partial charge in [0.1, 0.15) is 6.04 Å². The molecule has 1 aliphatic rings. The van der Waals surface area contributed by atoms with Crippen LogP contribution in [0.5, 0.6) is 0 Å². The minimum atomic E-state index is -0.224. The Kier molecular flexibility index (Phi) is 4.16. The molecule has 3 aromatic rings. The van der Waals surface area contributed by atoms with Gasteiger partial charge in [-0.05, 0) is 48.7 Å². The van der Waals surface area contributed by atoms with E-state index in [4.69, 9.17) is 0 Å². The molecule has 132 valence electrons. The Balaban J connectivity index is 1.68. The number of aromatic nitrogens is 3. The Labute approximate surface area is 152 Å². The van der Waals surface area contributed by atoms with Gasteiger partial charge in [0.05, 0.1) is 12.0 Å². The maximum Gasteiger partial charge on any atom is 0.322 e. The van der Waals surface area contributed by atoms with Gasteiger partial charge in [0, 0.05) is 36.7 Å². The number of hydrogen-bond acceptors (Lipinski definition) is 3. The van der Waals surface area contributed by atoms with Gasteiger partial charge >= 0.3 is 6.03 Å². The predicted molar refractivity (Wildman–Crippen MR) is 100 cm³/mol. The van der Waals surface area contributed by atoms with Crippen LogP contribution in [-0.2, 0) is 6.42 Å². The van der Waals surface area contributed by atoms with Crippen molar-refractivity contribution in [1.82, 2.24) is 19.9 Å². The number of fused-ring (bicyclic) bond motifs is 1. The first kappa shape index (κ1) is 16.3. The number of urea groups is 1. The van der Waals surface area contributed by atoms with E-state index in [0.29, 0.717) is 6.54 Å². The summed E-state index contributed by atoms with van der Waals surface area (Å²) < 4.78 is 0. The van der Waals surface area contributed by atoms with Crippen molar-refractivity contribution in [2.24, 2.45) is 0 Å². The fourth-order valence-electron chi connectivity index (χ4n) is 3.44. The Bertz CT molecular complexity index is 934. The summed E-state index contributed by atoms with van der Waals surface area (Å²) in [5, 5.41) is 3.08. The molecule has 0 fully saturated rings. The first-order valence-electron chi connectivity index (χ1n) is 8.70. The van der Waals surface area contributed by atoms with Crippen molar-refractivity contribution in [3.63, 3.8) is 0 Å². The van der Waals surface area contributed by atoms with Gasteiger partial charge in [-0.2, -0.15) is 0 Å². The third kappa shape index (κ3) is 2.94. The van der Waals surface area contributed by atoms with E-state index in [9.17, 15) is 4.79 Å². The number of amides is 2. The maximum absolute atomic E-state index is 13.1. The normalized spacial score (nSPS) is 16.2. The van der Waals surface area contributed by atoms with Crippen LogP contribution < -0.4 is 5.32 Å². The van der Waals surface area contributed by atoms with Gasteiger partial charge in [0.2, 0.25) is 0 Å². The van der Waals surface area contributed by atoms with Crippen LogP contribution in [0.15, 0.2) is 49.1 Å². The molecule has 2 aromatic heterocycles. The summed E-state index contributed by atoms with van der Waals surface area (Å²) in [7, 11) is 0. The van der Waals surface area contributed by atoms with E-state index in [1.54, 1.807) is 18.7 Å². The summed E-state index contributed by atoms with van der Waals surface area (Å²) in [5.41, 5.74) is 5.99. The van der Waals surface area contributed by atoms with E-state index in [1.165, 1.54) is 0 Å². The maximum atomic E-state index is 13.1. The largest absolute Gasteiger partial charge is 0.348 e. The number of nitrogens with one attached hydrogen (secondary N) is 2. The van der Waals surface area contributed by atoms with Gasteiger partial charge < -0.3 is 15.2 Å². The van der Waals surface area contributed by atoms with Crippen molar-refractivity contribution in [1.29, 1.82) is 0 Å². The number of aromatic amines is 1. The lowest BCUT2D eigenvalue weighted by atomic mass is 9.97. The Morgan fingerprint density at radius 3 is 2.85 bits per heavy atom. The molecule has 26 heavy (non-hydrogen) atoms. The zero-order valence-electron chi connectivity index (χ0n) is 14.9. The van der Waals surface area contributed by atoms with E-state index >= 15 is 0 Å². The zero-order chi connectivity index (χ0) is 18.1. The summed E-state index contributed by atoms with van der Waals surface area (Å²) in [6.07, 6.45) is 5.95. The molecule has 2 amide bonds. The molecule has 0 bridgehead atoms. The quantitative estimate of drug-likeness (QED) is 0.744. The summed E-state index contributed by atoms with van der Waals surface area (Å²) in [5.74, 6) is 0. The standard InChI is InChI=1S/C20H21N5O/c1-13-3-4-14(2)17(11-13)24-20(26)25-10-7-16-18(23-12-22-16)19(25)15-5-8-21-9-6-15/h3-6,8-9,11-12,19H,7,10H2,1-2H3,(H,22,23)(H,24,26). The monoisotopic (exact) mass is 347 g/mol. The second kappa shape index (κ2) is 6.63. The fourth-order valence-corrected chi connectivity index (χ4v) is 3.44. The van der Waals surface area contributed by atoms with Crippen LogP contribution in [0.3, 0.4) is 0 Å². The molecule has 0 aliphatic carbocycles. The van der Waals surface area contributed by atoms with E-state index in [0.717, 1.165) is 40.2 Å². The van der Waals surface area contributed by atoms with Gasteiger partial charge in [-0.15, -0.1) is 0 Å². The van der Waals surface area contributed by atoms with Crippen LogP contribution >= 0.6 is 0 Å². The smallest absolute Gasteiger partial charge is 0.322 e. The highest BCUT2D eigenvalue weighted by Crippen LogP contribution is 2.33. The average Bonchev–Trinajstić information content (AvgIpc) is 3.13. The number of carbonyl (C=O) groups is 1. The molecule has 6 nitrogen and oxygen atoms in total. The van der Waals surface area contributed by atoms with Crippen molar-refractivity contribution in [3.05, 3.63) is 77.1 Å². The molecular formula is C20H21N5O. The van der Waals surface area contributed by atoms with Crippen LogP contribution in [0.1, 0.15) is 34.1 Å². The Hall–Kier alpha value is -3.15. The summed E-state index contributed by atoms with van der Waals surface area (Å²) in [6.45, 7) is 4.64. The fraction of sp³-hybridized carbons (Fsp3) is 0.250. The molecule has 0 radical (unpaired) electrons. The molecule has 0 saturated heterocycles. The Morgan fingerprint density at radius 2 is 2.04 bits per heavy atom. The molecule has 6 heteroatoms. The van der Waals surface area contributed by atoms with Crippen molar-refractivity contribution in [3.8, 4) is 0 Å². The molecule has 1 aliphatic heterocycles. The summed E-state index contributed by atoms with van der Waals surface area (Å²) in [4.78, 5) is 26.7. The highest BCUT2D eigenvalue weighted by atomic mass is 16.2. The number of nitrogens with zero attached hydrogens (tertiary/aromatic N) is 3. The number of benzene rings is 1. The van der Waals surface area contributed by atoms with Gasteiger partial charge in [-0.3, -0.25) is 4.98 Å². The summed E-state index contributed by atoms with van der Waals surface area (Å²) >= 11 is 0. The highest BCUT2D eigenvalue weighted by Gasteiger charge is 2.34. The highest BCUT2D eigenvalue weighted by molar-refractivity contribution is 5.91. The first-order chi connectivity index (χ1) is 12.6. The van der Waals surface area contributed by atoms with Crippen molar-refractivity contribution >= 4 is 11.7 Å². The number of pyridine rings is 1. The molecular weight excluding hydrogens is 326 g/mol.